The van der Waals surface area contributed by atoms with Gasteiger partial charge in [-0.2, -0.15) is 0 Å². The van der Waals surface area contributed by atoms with E-state index in [2.05, 4.69) is 64.3 Å². The lowest BCUT2D eigenvalue weighted by Gasteiger charge is -2.21. The average molecular weight is 594 g/mol. The van der Waals surface area contributed by atoms with Crippen molar-refractivity contribution in [2.75, 3.05) is 6.54 Å². The van der Waals surface area contributed by atoms with Crippen LogP contribution in [0.5, 0.6) is 17.2 Å². The number of ether oxygens (including phenoxy) is 1. The van der Waals surface area contributed by atoms with Gasteiger partial charge in [0.1, 0.15) is 11.5 Å². The molecule has 5 nitrogen and oxygen atoms in total. The Hall–Kier alpha value is -1.07. The van der Waals surface area contributed by atoms with Crippen molar-refractivity contribution >= 4 is 51.2 Å². The summed E-state index contributed by atoms with van der Waals surface area (Å²) in [5, 5.41) is 23.9. The molecule has 27 heavy (non-hydrogen) atoms. The summed E-state index contributed by atoms with van der Waals surface area (Å²) in [5.74, 6) is 0.939. The SMILES string of the molecule is CC(C)CCN[C@@H](Cc1cc(I)c(Oc2ccc(O)cc2)c(I)c1)C(=O)[O-]. The van der Waals surface area contributed by atoms with Gasteiger partial charge in [0.15, 0.2) is 5.75 Å². The van der Waals surface area contributed by atoms with Crippen LogP contribution in [0.1, 0.15) is 25.8 Å². The molecule has 0 bridgehead atoms. The molecule has 0 saturated carbocycles. The molecular weight excluding hydrogens is 572 g/mol. The summed E-state index contributed by atoms with van der Waals surface area (Å²) < 4.78 is 7.70. The third-order valence-corrected chi connectivity index (χ3v) is 5.55. The second kappa shape index (κ2) is 10.5. The Morgan fingerprint density at radius 3 is 2.30 bits per heavy atom. The van der Waals surface area contributed by atoms with Gasteiger partial charge in [0.2, 0.25) is 0 Å². The fraction of sp³-hybridized carbons (Fsp3) is 0.350. The lowest BCUT2D eigenvalue weighted by atomic mass is 10.0. The smallest absolute Gasteiger partial charge is 0.154 e. The summed E-state index contributed by atoms with van der Waals surface area (Å²) in [6.45, 7) is 4.85. The minimum absolute atomic E-state index is 0.181. The van der Waals surface area contributed by atoms with Crippen LogP contribution >= 0.6 is 45.2 Å². The molecule has 2 rings (SSSR count). The molecule has 0 aromatic heterocycles. The van der Waals surface area contributed by atoms with Crippen molar-refractivity contribution in [3.63, 3.8) is 0 Å². The zero-order valence-electron chi connectivity index (χ0n) is 15.2. The third-order valence-electron chi connectivity index (χ3n) is 3.95. The van der Waals surface area contributed by atoms with Gasteiger partial charge >= 0.3 is 0 Å². The minimum Gasteiger partial charge on any atom is -0.548 e. The average Bonchev–Trinajstić information content (AvgIpc) is 2.58. The zero-order valence-corrected chi connectivity index (χ0v) is 19.5. The first-order valence-corrected chi connectivity index (χ1v) is 10.8. The van der Waals surface area contributed by atoms with Crippen LogP contribution in [-0.4, -0.2) is 23.7 Å². The monoisotopic (exact) mass is 594 g/mol. The molecule has 0 unspecified atom stereocenters. The number of hydrogen-bond donors (Lipinski definition) is 2. The molecule has 2 aromatic rings. The van der Waals surface area contributed by atoms with Crippen LogP contribution in [0.3, 0.4) is 0 Å². The molecular formula is C20H22I2NO4-. The number of halogens is 2. The Bertz CT molecular complexity index is 755. The molecule has 0 aliphatic heterocycles. The highest BCUT2D eigenvalue weighted by Crippen LogP contribution is 2.33. The van der Waals surface area contributed by atoms with E-state index in [4.69, 9.17) is 4.74 Å². The standard InChI is InChI=1S/C20H23I2NO4/c1-12(2)7-8-23-18(20(25)26)11-13-9-16(21)19(17(22)10-13)27-15-5-3-14(24)4-6-15/h3-6,9-10,12,18,23-24H,7-8,11H2,1-2H3,(H,25,26)/p-1/t18-/m0/s1. The van der Waals surface area contributed by atoms with Gasteiger partial charge in [0.25, 0.3) is 0 Å². The highest BCUT2D eigenvalue weighted by Gasteiger charge is 2.15. The minimum atomic E-state index is -1.09. The quantitative estimate of drug-likeness (QED) is 0.434. The van der Waals surface area contributed by atoms with E-state index in [0.717, 1.165) is 19.1 Å². The lowest BCUT2D eigenvalue weighted by molar-refractivity contribution is -0.308. The van der Waals surface area contributed by atoms with Crippen molar-refractivity contribution in [3.05, 3.63) is 49.1 Å². The largest absolute Gasteiger partial charge is 0.548 e. The van der Waals surface area contributed by atoms with E-state index in [0.29, 0.717) is 30.4 Å². The summed E-state index contributed by atoms with van der Waals surface area (Å²) in [7, 11) is 0. The van der Waals surface area contributed by atoms with Crippen molar-refractivity contribution in [3.8, 4) is 17.2 Å². The molecule has 0 aliphatic carbocycles. The number of hydrogen-bond acceptors (Lipinski definition) is 5. The van der Waals surface area contributed by atoms with Gasteiger partial charge in [-0.15, -0.1) is 0 Å². The van der Waals surface area contributed by atoms with Gasteiger partial charge in [-0.3, -0.25) is 0 Å². The van der Waals surface area contributed by atoms with Crippen molar-refractivity contribution in [1.82, 2.24) is 5.32 Å². The van der Waals surface area contributed by atoms with Crippen LogP contribution in [0.2, 0.25) is 0 Å². The number of rotatable bonds is 9. The second-order valence-electron chi connectivity index (χ2n) is 6.70. The number of aliphatic carboxylic acids is 1. The van der Waals surface area contributed by atoms with Crippen molar-refractivity contribution in [2.45, 2.75) is 32.7 Å². The lowest BCUT2D eigenvalue weighted by Crippen LogP contribution is -2.47. The number of phenolic OH excluding ortho intramolecular Hbond substituents is 1. The van der Waals surface area contributed by atoms with E-state index in [1.807, 2.05) is 12.1 Å². The number of carbonyl (C=O) groups is 1. The molecule has 2 aromatic carbocycles. The zero-order chi connectivity index (χ0) is 20.0. The Morgan fingerprint density at radius 1 is 1.19 bits per heavy atom. The van der Waals surface area contributed by atoms with E-state index in [1.165, 1.54) is 0 Å². The molecule has 0 radical (unpaired) electrons. The maximum atomic E-state index is 11.5. The number of carbonyl (C=O) groups excluding carboxylic acids is 1. The van der Waals surface area contributed by atoms with Crippen LogP contribution in [0.25, 0.3) is 0 Å². The van der Waals surface area contributed by atoms with Crippen LogP contribution in [0, 0.1) is 13.1 Å². The van der Waals surface area contributed by atoms with Gasteiger partial charge in [-0.25, -0.2) is 0 Å². The van der Waals surface area contributed by atoms with E-state index in [-0.39, 0.29) is 5.75 Å². The van der Waals surface area contributed by atoms with E-state index in [1.54, 1.807) is 24.3 Å². The number of aromatic hydroxyl groups is 1. The molecule has 1 atom stereocenters. The van der Waals surface area contributed by atoms with Gasteiger partial charge < -0.3 is 25.1 Å². The molecule has 0 aliphatic rings. The summed E-state index contributed by atoms with van der Waals surface area (Å²) in [4.78, 5) is 11.5. The third kappa shape index (κ3) is 7.11. The van der Waals surface area contributed by atoms with E-state index in [9.17, 15) is 15.0 Å². The Balaban J connectivity index is 2.11. The normalized spacial score (nSPS) is 12.2. The molecule has 7 heteroatoms. The Labute approximate surface area is 186 Å². The van der Waals surface area contributed by atoms with Crippen LogP contribution in [0.15, 0.2) is 36.4 Å². The first kappa shape index (κ1) is 22.2. The van der Waals surface area contributed by atoms with Crippen LogP contribution in [0.4, 0.5) is 0 Å². The Morgan fingerprint density at radius 2 is 1.78 bits per heavy atom. The number of nitrogens with one attached hydrogen (secondary N) is 1. The molecule has 2 N–H and O–H groups in total. The van der Waals surface area contributed by atoms with E-state index >= 15 is 0 Å². The molecule has 146 valence electrons. The predicted octanol–water partition coefficient (Wildman–Crippen LogP) is 3.69. The van der Waals surface area contributed by atoms with Crippen LogP contribution in [-0.2, 0) is 11.2 Å². The number of phenols is 1. The number of benzene rings is 2. The van der Waals surface area contributed by atoms with Crippen molar-refractivity contribution in [1.29, 1.82) is 0 Å². The number of carboxylic acids is 1. The fourth-order valence-electron chi connectivity index (χ4n) is 2.48. The maximum absolute atomic E-state index is 11.5. The van der Waals surface area contributed by atoms with Gasteiger partial charge in [-0.1, -0.05) is 13.8 Å². The van der Waals surface area contributed by atoms with E-state index < -0.39 is 12.0 Å². The van der Waals surface area contributed by atoms with Gasteiger partial charge in [0, 0.05) is 0 Å². The predicted molar refractivity (Wildman–Crippen MR) is 120 cm³/mol. The first-order chi connectivity index (χ1) is 12.8. The van der Waals surface area contributed by atoms with Gasteiger partial charge in [0.05, 0.1) is 19.2 Å². The first-order valence-electron chi connectivity index (χ1n) is 8.65. The molecule has 0 heterocycles. The molecule has 0 fully saturated rings. The summed E-state index contributed by atoms with van der Waals surface area (Å²) in [6.07, 6.45) is 1.27. The fourth-order valence-corrected chi connectivity index (χ4v) is 4.60. The maximum Gasteiger partial charge on any atom is 0.154 e. The van der Waals surface area contributed by atoms with Crippen molar-refractivity contribution in [2.24, 2.45) is 5.92 Å². The number of carboxylic acid groups (broad SMARTS) is 1. The van der Waals surface area contributed by atoms with Gasteiger partial charge in [-0.05, 0) is 112 Å². The summed E-state index contributed by atoms with van der Waals surface area (Å²) in [5.41, 5.74) is 0.910. The topological polar surface area (TPSA) is 81.6 Å². The Kier molecular flexibility index (Phi) is 8.62. The molecule has 0 spiro atoms. The van der Waals surface area contributed by atoms with Crippen molar-refractivity contribution < 1.29 is 19.7 Å². The highest BCUT2D eigenvalue weighted by atomic mass is 127. The second-order valence-corrected chi connectivity index (χ2v) is 9.02. The molecule has 0 amide bonds. The summed E-state index contributed by atoms with van der Waals surface area (Å²) >= 11 is 4.37. The highest BCUT2D eigenvalue weighted by molar-refractivity contribution is 14.1. The summed E-state index contributed by atoms with van der Waals surface area (Å²) in [6, 6.07) is 9.66. The van der Waals surface area contributed by atoms with Crippen LogP contribution < -0.4 is 15.2 Å². The molecule has 0 saturated heterocycles.